The highest BCUT2D eigenvalue weighted by Crippen LogP contribution is 2.34. The first-order valence-corrected chi connectivity index (χ1v) is 11.4. The number of urea groups is 1. The van der Waals surface area contributed by atoms with Crippen LogP contribution in [-0.2, 0) is 9.53 Å². The monoisotopic (exact) mass is 467 g/mol. The van der Waals surface area contributed by atoms with E-state index in [0.717, 1.165) is 29.7 Å². The van der Waals surface area contributed by atoms with Crippen molar-refractivity contribution in [1.29, 1.82) is 0 Å². The molecule has 8 nitrogen and oxygen atoms in total. The Morgan fingerprint density at radius 1 is 1.18 bits per heavy atom. The Hall–Kier alpha value is -3.52. The number of carboxylic acids is 1. The zero-order valence-corrected chi connectivity index (χ0v) is 20.0. The van der Waals surface area contributed by atoms with E-state index in [0.29, 0.717) is 36.9 Å². The second-order valence-electron chi connectivity index (χ2n) is 8.65. The summed E-state index contributed by atoms with van der Waals surface area (Å²) in [7, 11) is 0. The lowest BCUT2D eigenvalue weighted by Crippen LogP contribution is -2.41. The number of aryl methyl sites for hydroxylation is 1. The first-order valence-electron chi connectivity index (χ1n) is 11.4. The van der Waals surface area contributed by atoms with Gasteiger partial charge in [0, 0.05) is 37.6 Å². The number of nitrogens with one attached hydrogen (secondary N) is 2. The molecule has 0 spiro atoms. The topological polar surface area (TPSA) is 100 Å². The zero-order chi connectivity index (χ0) is 24.7. The highest BCUT2D eigenvalue weighted by atomic mass is 16.5. The molecule has 3 N–H and O–H groups in total. The van der Waals surface area contributed by atoms with Crippen molar-refractivity contribution in [3.8, 4) is 5.75 Å². The average Bonchev–Trinajstić information content (AvgIpc) is 2.80. The van der Waals surface area contributed by atoms with Gasteiger partial charge in [-0.2, -0.15) is 0 Å². The molecule has 1 aliphatic heterocycles. The number of amides is 2. The summed E-state index contributed by atoms with van der Waals surface area (Å²) in [5.41, 5.74) is 4.08. The van der Waals surface area contributed by atoms with E-state index in [4.69, 9.17) is 9.47 Å². The van der Waals surface area contributed by atoms with Gasteiger partial charge in [0.05, 0.1) is 11.4 Å². The maximum Gasteiger partial charge on any atom is 0.344 e. The van der Waals surface area contributed by atoms with Crippen molar-refractivity contribution < 1.29 is 24.2 Å². The lowest BCUT2D eigenvalue weighted by atomic mass is 10.0. The van der Waals surface area contributed by atoms with E-state index in [1.165, 1.54) is 6.92 Å². The second kappa shape index (κ2) is 11.6. The maximum atomic E-state index is 12.9. The number of carbonyl (C=O) groups excluding carboxylic acids is 1. The van der Waals surface area contributed by atoms with Gasteiger partial charge in [-0.15, -0.1) is 0 Å². The highest BCUT2D eigenvalue weighted by molar-refractivity contribution is 6.02. The lowest BCUT2D eigenvalue weighted by molar-refractivity contribution is -0.144. The number of rotatable bonds is 9. The maximum absolute atomic E-state index is 12.9. The van der Waals surface area contributed by atoms with Gasteiger partial charge in [-0.05, 0) is 57.9 Å². The number of anilines is 3. The average molecular weight is 468 g/mol. The Balaban J connectivity index is 1.92. The summed E-state index contributed by atoms with van der Waals surface area (Å²) >= 11 is 0. The third-order valence-electron chi connectivity index (χ3n) is 5.57. The fraction of sp³-hybridized carbons (Fsp3) is 0.385. The van der Waals surface area contributed by atoms with E-state index in [1.807, 2.05) is 44.2 Å². The smallest absolute Gasteiger partial charge is 0.344 e. The molecule has 1 aliphatic rings. The van der Waals surface area contributed by atoms with Crippen LogP contribution in [0.4, 0.5) is 21.9 Å². The molecule has 0 saturated carbocycles. The van der Waals surface area contributed by atoms with Crippen LogP contribution in [-0.4, -0.2) is 49.0 Å². The predicted octanol–water partition coefficient (Wildman–Crippen LogP) is 5.05. The number of aliphatic carboxylic acids is 1. The van der Waals surface area contributed by atoms with E-state index < -0.39 is 18.1 Å². The number of ether oxygens (including phenoxy) is 2. The Labute approximate surface area is 200 Å². The summed E-state index contributed by atoms with van der Waals surface area (Å²) in [4.78, 5) is 26.3. The van der Waals surface area contributed by atoms with Crippen LogP contribution in [0.25, 0.3) is 0 Å². The summed E-state index contributed by atoms with van der Waals surface area (Å²) in [6.45, 7) is 11.4. The number of carboxylic acid groups (broad SMARTS) is 1. The second-order valence-corrected chi connectivity index (χ2v) is 8.65. The van der Waals surface area contributed by atoms with Crippen molar-refractivity contribution in [2.75, 3.05) is 35.3 Å². The van der Waals surface area contributed by atoms with Crippen LogP contribution < -0.4 is 20.3 Å². The van der Waals surface area contributed by atoms with Crippen LogP contribution >= 0.6 is 0 Å². The van der Waals surface area contributed by atoms with Crippen LogP contribution in [0.2, 0.25) is 0 Å². The van der Waals surface area contributed by atoms with Crippen LogP contribution in [0.15, 0.2) is 54.6 Å². The van der Waals surface area contributed by atoms with Gasteiger partial charge in [-0.25, -0.2) is 9.59 Å². The number of benzene rings is 2. The minimum atomic E-state index is -1.07. The largest absolute Gasteiger partial charge is 0.479 e. The third kappa shape index (κ3) is 6.99. The van der Waals surface area contributed by atoms with Gasteiger partial charge in [0.15, 0.2) is 6.10 Å². The summed E-state index contributed by atoms with van der Waals surface area (Å²) in [5, 5.41) is 15.0. The van der Waals surface area contributed by atoms with Gasteiger partial charge in [0.25, 0.3) is 0 Å². The minimum Gasteiger partial charge on any atom is -0.479 e. The molecule has 182 valence electrons. The van der Waals surface area contributed by atoms with Crippen LogP contribution in [0.5, 0.6) is 5.75 Å². The number of carbonyl (C=O) groups is 2. The van der Waals surface area contributed by atoms with Crippen molar-refractivity contribution in [3.63, 3.8) is 0 Å². The number of hydrogen-bond acceptors (Lipinski definition) is 5. The van der Waals surface area contributed by atoms with E-state index in [1.54, 1.807) is 12.1 Å². The predicted molar refractivity (Wildman–Crippen MR) is 134 cm³/mol. The molecule has 0 aliphatic carbocycles. The quantitative estimate of drug-likeness (QED) is 0.446. The van der Waals surface area contributed by atoms with Crippen LogP contribution in [0.1, 0.15) is 32.3 Å². The van der Waals surface area contributed by atoms with Crippen LogP contribution in [0, 0.1) is 6.92 Å². The van der Waals surface area contributed by atoms with Gasteiger partial charge in [0.1, 0.15) is 5.75 Å². The molecular formula is C26H33N3O5. The van der Waals surface area contributed by atoms with Crippen molar-refractivity contribution >= 4 is 29.1 Å². The molecule has 1 unspecified atom stereocenters. The van der Waals surface area contributed by atoms with Gasteiger partial charge < -0.3 is 30.1 Å². The summed E-state index contributed by atoms with van der Waals surface area (Å²) < 4.78 is 11.1. The van der Waals surface area contributed by atoms with E-state index in [2.05, 4.69) is 22.1 Å². The molecule has 1 heterocycles. The van der Waals surface area contributed by atoms with E-state index >= 15 is 0 Å². The summed E-state index contributed by atoms with van der Waals surface area (Å²) in [5.74, 6) is -0.714. The number of nitrogens with zero attached hydrogens (tertiary/aromatic N) is 1. The molecule has 1 fully saturated rings. The minimum absolute atomic E-state index is 0.218. The van der Waals surface area contributed by atoms with Crippen LogP contribution in [0.3, 0.4) is 0 Å². The molecule has 3 rings (SSSR count). The van der Waals surface area contributed by atoms with Crippen molar-refractivity contribution in [2.24, 2.45) is 0 Å². The Kier molecular flexibility index (Phi) is 8.54. The molecule has 1 saturated heterocycles. The van der Waals surface area contributed by atoms with Crippen molar-refractivity contribution in [1.82, 2.24) is 0 Å². The Morgan fingerprint density at radius 2 is 1.85 bits per heavy atom. The first-order chi connectivity index (χ1) is 16.2. The van der Waals surface area contributed by atoms with Gasteiger partial charge >= 0.3 is 12.0 Å². The molecule has 0 bridgehead atoms. The van der Waals surface area contributed by atoms with Gasteiger partial charge in [-0.3, -0.25) is 0 Å². The molecule has 1 atom stereocenters. The molecule has 0 radical (unpaired) electrons. The van der Waals surface area contributed by atoms with Gasteiger partial charge in [0.2, 0.25) is 0 Å². The summed E-state index contributed by atoms with van der Waals surface area (Å²) in [6, 6.07) is 12.6. The molecule has 0 aromatic heterocycles. The van der Waals surface area contributed by atoms with Crippen molar-refractivity contribution in [2.45, 2.75) is 45.8 Å². The van der Waals surface area contributed by atoms with Crippen molar-refractivity contribution in [3.05, 3.63) is 60.2 Å². The Bertz CT molecular complexity index is 1020. The highest BCUT2D eigenvalue weighted by Gasteiger charge is 2.25. The fourth-order valence-electron chi connectivity index (χ4n) is 3.81. The molecule has 2 aromatic carbocycles. The number of hydrogen-bond donors (Lipinski definition) is 3. The first kappa shape index (κ1) is 25.1. The SMILES string of the molecule is C=C(C)CN(c1ccc(OC(C)C(=O)O)cc1NC(=O)Nc1ccc(C)cc1)C1CCOCC1. The third-order valence-corrected chi connectivity index (χ3v) is 5.57. The zero-order valence-electron chi connectivity index (χ0n) is 20.0. The standard InChI is InChI=1S/C26H33N3O5/c1-17(2)16-29(21-11-13-33-14-12-21)24-10-9-22(34-19(4)25(30)31)15-23(24)28-26(32)27-20-7-5-18(3)6-8-20/h5-10,15,19,21H,1,11-14,16H2,2-4H3,(H,30,31)(H2,27,28,32). The van der Waals surface area contributed by atoms with E-state index in [-0.39, 0.29) is 6.04 Å². The fourth-order valence-corrected chi connectivity index (χ4v) is 3.81. The molecule has 34 heavy (non-hydrogen) atoms. The molecule has 2 aromatic rings. The summed E-state index contributed by atoms with van der Waals surface area (Å²) in [6.07, 6.45) is 0.690. The van der Waals surface area contributed by atoms with Gasteiger partial charge in [-0.1, -0.05) is 29.8 Å². The molecule has 2 amide bonds. The molecular weight excluding hydrogens is 434 g/mol. The Morgan fingerprint density at radius 3 is 2.47 bits per heavy atom. The molecule has 8 heteroatoms. The van der Waals surface area contributed by atoms with E-state index in [9.17, 15) is 14.7 Å². The lowest BCUT2D eigenvalue weighted by Gasteiger charge is -2.37. The normalized spacial score (nSPS) is 14.7.